The molecule has 0 aromatic rings. The Morgan fingerprint density at radius 1 is 1.18 bits per heavy atom. The number of hydrogen-bond acceptors (Lipinski definition) is 7. The minimum Gasteiger partial charge on any atom is -0.390 e. The Balaban J connectivity index is 4.31. The Kier molecular flexibility index (Phi) is 7.39. The first-order valence-corrected chi connectivity index (χ1v) is 4.79. The van der Waals surface area contributed by atoms with Crippen molar-refractivity contribution < 1.29 is 30.3 Å². The zero-order valence-electron chi connectivity index (χ0n) is 8.92. The van der Waals surface area contributed by atoms with E-state index in [1.807, 2.05) is 0 Å². The molecule has 9 heteroatoms. The maximum absolute atomic E-state index is 10.8. The van der Waals surface area contributed by atoms with E-state index in [1.165, 1.54) is 0 Å². The molecule has 0 aromatic heterocycles. The monoisotopic (exact) mass is 249 g/mol. The molecule has 0 aromatic carbocycles. The number of aliphatic hydroxyl groups excluding tert-OH is 5. The summed E-state index contributed by atoms with van der Waals surface area (Å²) in [6, 6.07) is 0. The first kappa shape index (κ1) is 15.8. The van der Waals surface area contributed by atoms with Crippen molar-refractivity contribution in [3.63, 3.8) is 0 Å². The van der Waals surface area contributed by atoms with Crippen LogP contribution in [0.5, 0.6) is 0 Å². The topological polar surface area (TPSA) is 167 Å². The molecule has 4 atom stereocenters. The largest absolute Gasteiger partial charge is 0.390 e. The van der Waals surface area contributed by atoms with Gasteiger partial charge in [0.05, 0.1) is 18.8 Å². The summed E-state index contributed by atoms with van der Waals surface area (Å²) in [5.74, 6) is -0.715. The van der Waals surface area contributed by atoms with Gasteiger partial charge in [-0.25, -0.2) is 0 Å². The molecule has 5 N–H and O–H groups in total. The summed E-state index contributed by atoms with van der Waals surface area (Å²) in [6.45, 7) is -1.27. The molecule has 0 bridgehead atoms. The molecule has 0 fully saturated rings. The van der Waals surface area contributed by atoms with Gasteiger partial charge in [-0.15, -0.1) is 0 Å². The minimum atomic E-state index is -1.78. The van der Waals surface area contributed by atoms with Gasteiger partial charge in [0.25, 0.3) is 0 Å². The lowest BCUT2D eigenvalue weighted by molar-refractivity contribution is -0.131. The quantitative estimate of drug-likeness (QED) is 0.184. The molecule has 0 rings (SSSR count). The van der Waals surface area contributed by atoms with E-state index in [1.54, 1.807) is 0 Å². The van der Waals surface area contributed by atoms with Gasteiger partial charge in [-0.2, -0.15) is 0 Å². The smallest absolute Gasteiger partial charge is 0.160 e. The van der Waals surface area contributed by atoms with E-state index in [-0.39, 0.29) is 0 Å². The van der Waals surface area contributed by atoms with Crippen molar-refractivity contribution >= 4 is 5.78 Å². The molecular weight excluding hydrogens is 234 g/mol. The summed E-state index contributed by atoms with van der Waals surface area (Å²) in [7, 11) is 0. The first-order chi connectivity index (χ1) is 7.93. The first-order valence-electron chi connectivity index (χ1n) is 4.79. The van der Waals surface area contributed by atoms with Gasteiger partial charge >= 0.3 is 0 Å². The highest BCUT2D eigenvalue weighted by Crippen LogP contribution is 2.09. The van der Waals surface area contributed by atoms with Gasteiger partial charge < -0.3 is 25.5 Å². The highest BCUT2D eigenvalue weighted by Gasteiger charge is 2.30. The lowest BCUT2D eigenvalue weighted by Gasteiger charge is -2.25. The molecule has 98 valence electrons. The van der Waals surface area contributed by atoms with Gasteiger partial charge in [0, 0.05) is 11.3 Å². The number of rotatable bonds is 8. The normalized spacial score (nSPS) is 17.7. The third-order valence-electron chi connectivity index (χ3n) is 2.08. The number of azide groups is 1. The number of hydrogen-bond donors (Lipinski definition) is 5. The predicted molar refractivity (Wildman–Crippen MR) is 54.8 cm³/mol. The number of Topliss-reactive ketones (excluding diaryl/α,β-unsaturated/α-hetero) is 1. The molecule has 0 amide bonds. The average Bonchev–Trinajstić information content (AvgIpc) is 2.33. The fraction of sp³-hybridized carbons (Fsp3) is 0.875. The molecule has 0 spiro atoms. The maximum atomic E-state index is 10.8. The van der Waals surface area contributed by atoms with Crippen LogP contribution in [0.2, 0.25) is 0 Å². The maximum Gasteiger partial charge on any atom is 0.160 e. The summed E-state index contributed by atoms with van der Waals surface area (Å²) in [6.07, 6.45) is -7.27. The Morgan fingerprint density at radius 2 is 1.71 bits per heavy atom. The van der Waals surface area contributed by atoms with E-state index in [0.29, 0.717) is 0 Å². The molecular formula is C8H15N3O6. The molecule has 0 heterocycles. The van der Waals surface area contributed by atoms with Crippen LogP contribution >= 0.6 is 0 Å². The third-order valence-corrected chi connectivity index (χ3v) is 2.08. The Bertz CT molecular complexity index is 293. The van der Waals surface area contributed by atoms with E-state index in [9.17, 15) is 25.2 Å². The van der Waals surface area contributed by atoms with Gasteiger partial charge in [0.15, 0.2) is 5.78 Å². The summed E-state index contributed by atoms with van der Waals surface area (Å²) in [4.78, 5) is 13.1. The molecule has 0 saturated carbocycles. The van der Waals surface area contributed by atoms with Crippen molar-refractivity contribution in [2.24, 2.45) is 5.11 Å². The lowest BCUT2D eigenvalue weighted by atomic mass is 9.99. The fourth-order valence-corrected chi connectivity index (χ4v) is 1.10. The molecule has 17 heavy (non-hydrogen) atoms. The highest BCUT2D eigenvalue weighted by molar-refractivity contribution is 5.79. The SMILES string of the molecule is [N-]=[N+]=NCC(O)C(O)C(O)C(O)CC(=O)CO. The van der Waals surface area contributed by atoms with Crippen LogP contribution in [0.25, 0.3) is 10.4 Å². The van der Waals surface area contributed by atoms with E-state index in [0.717, 1.165) is 0 Å². The minimum absolute atomic E-state index is 0.477. The van der Waals surface area contributed by atoms with Crippen LogP contribution in [0, 0.1) is 0 Å². The van der Waals surface area contributed by atoms with Gasteiger partial charge in [-0.1, -0.05) is 5.11 Å². The van der Waals surface area contributed by atoms with Crippen molar-refractivity contribution in [2.75, 3.05) is 13.2 Å². The average molecular weight is 249 g/mol. The Hall–Kier alpha value is -1.22. The van der Waals surface area contributed by atoms with E-state index >= 15 is 0 Å². The molecule has 4 unspecified atom stereocenters. The number of carbonyl (C=O) groups is 1. The van der Waals surface area contributed by atoms with E-state index in [4.69, 9.17) is 10.6 Å². The second kappa shape index (κ2) is 7.96. The van der Waals surface area contributed by atoms with Gasteiger partial charge in [0.2, 0.25) is 0 Å². The van der Waals surface area contributed by atoms with Gasteiger partial charge in [0.1, 0.15) is 18.8 Å². The van der Waals surface area contributed by atoms with Crippen LogP contribution in [-0.4, -0.2) is 68.9 Å². The second-order valence-corrected chi connectivity index (χ2v) is 3.43. The predicted octanol–water partition coefficient (Wildman–Crippen LogP) is -2.31. The number of aliphatic hydroxyl groups is 5. The number of nitrogens with zero attached hydrogens (tertiary/aromatic N) is 3. The van der Waals surface area contributed by atoms with Crippen molar-refractivity contribution in [3.05, 3.63) is 10.4 Å². The fourth-order valence-electron chi connectivity index (χ4n) is 1.10. The summed E-state index contributed by atoms with van der Waals surface area (Å²) in [5, 5.41) is 48.7. The molecule has 0 aliphatic carbocycles. The standard InChI is InChI=1S/C8H15N3O6/c9-11-10-2-6(15)8(17)7(16)5(14)1-4(13)3-12/h5-8,12,14-17H,1-3H2. The zero-order chi connectivity index (χ0) is 13.4. The third kappa shape index (κ3) is 5.59. The molecule has 0 radical (unpaired) electrons. The van der Waals surface area contributed by atoms with Crippen LogP contribution in [0.15, 0.2) is 5.11 Å². The van der Waals surface area contributed by atoms with Crippen LogP contribution in [0.4, 0.5) is 0 Å². The summed E-state index contributed by atoms with van der Waals surface area (Å²) < 4.78 is 0. The van der Waals surface area contributed by atoms with E-state index in [2.05, 4.69) is 10.0 Å². The van der Waals surface area contributed by atoms with Crippen LogP contribution in [0.1, 0.15) is 6.42 Å². The van der Waals surface area contributed by atoms with Crippen LogP contribution < -0.4 is 0 Å². The second-order valence-electron chi connectivity index (χ2n) is 3.43. The molecule has 0 aliphatic rings. The lowest BCUT2D eigenvalue weighted by Crippen LogP contribution is -2.46. The highest BCUT2D eigenvalue weighted by atomic mass is 16.4. The summed E-state index contributed by atoms with van der Waals surface area (Å²) in [5.41, 5.74) is 7.98. The van der Waals surface area contributed by atoms with E-state index < -0.39 is 49.8 Å². The molecule has 9 nitrogen and oxygen atoms in total. The number of ketones is 1. The van der Waals surface area contributed by atoms with Crippen LogP contribution in [-0.2, 0) is 4.79 Å². The van der Waals surface area contributed by atoms with Gasteiger partial charge in [-0.05, 0) is 5.53 Å². The van der Waals surface area contributed by atoms with Gasteiger partial charge in [-0.3, -0.25) is 4.79 Å². The Morgan fingerprint density at radius 3 is 2.18 bits per heavy atom. The van der Waals surface area contributed by atoms with Crippen molar-refractivity contribution in [1.82, 2.24) is 0 Å². The molecule has 0 aliphatic heterocycles. The molecule has 0 saturated heterocycles. The van der Waals surface area contributed by atoms with Crippen LogP contribution in [0.3, 0.4) is 0 Å². The Labute approximate surface area is 96.6 Å². The number of carbonyl (C=O) groups excluding carboxylic acids is 1. The van der Waals surface area contributed by atoms with Crippen molar-refractivity contribution in [1.29, 1.82) is 0 Å². The van der Waals surface area contributed by atoms with Crippen molar-refractivity contribution in [3.8, 4) is 0 Å². The van der Waals surface area contributed by atoms with Crippen molar-refractivity contribution in [2.45, 2.75) is 30.8 Å². The zero-order valence-corrected chi connectivity index (χ0v) is 8.92. The summed E-state index contributed by atoms with van der Waals surface area (Å²) >= 11 is 0.